The summed E-state index contributed by atoms with van der Waals surface area (Å²) in [7, 11) is 1.64. The first-order valence-electron chi connectivity index (χ1n) is 9.47. The fraction of sp³-hybridized carbons (Fsp3) is 0.800. The van der Waals surface area contributed by atoms with Crippen LogP contribution in [0, 0.1) is 22.7 Å². The Morgan fingerprint density at radius 1 is 1.32 bits per heavy atom. The third kappa shape index (κ3) is 2.22. The Morgan fingerprint density at radius 2 is 2.04 bits per heavy atom. The predicted octanol–water partition coefficient (Wildman–Crippen LogP) is 3.02. The first kappa shape index (κ1) is 17.5. The third-order valence-electron chi connectivity index (χ3n) is 8.03. The highest BCUT2D eigenvalue weighted by atomic mass is 19.1. The molecule has 0 spiro atoms. The van der Waals surface area contributed by atoms with Gasteiger partial charge in [0, 0.05) is 13.2 Å². The van der Waals surface area contributed by atoms with Gasteiger partial charge in [-0.25, -0.2) is 4.39 Å². The minimum absolute atomic E-state index is 0.00119. The van der Waals surface area contributed by atoms with Gasteiger partial charge in [-0.05, 0) is 66.4 Å². The molecule has 0 aliphatic heterocycles. The fourth-order valence-electron chi connectivity index (χ4n) is 6.34. The normalized spacial score (nSPS) is 52.3. The molecule has 0 aromatic heterocycles. The standard InChI is InChI=1S/C20H30FNO3/c1-19-5-4-11-17(12(19)8-13(21)18(19)22)15(24)7-10-6-14(23)16(25-3)9-20(10,11)2/h7,11-14,16,18,23-24H,4-6,8-9,22H2,1-3H3/t11-,12-,13+,14+,16+,18-,19-,20-/m0/s1. The van der Waals surface area contributed by atoms with E-state index in [1.54, 1.807) is 7.11 Å². The number of nitrogens with two attached hydrogens (primary N) is 1. The maximum atomic E-state index is 14.4. The van der Waals surface area contributed by atoms with Gasteiger partial charge >= 0.3 is 0 Å². The van der Waals surface area contributed by atoms with Crippen molar-refractivity contribution in [3.8, 4) is 0 Å². The van der Waals surface area contributed by atoms with Gasteiger partial charge < -0.3 is 20.7 Å². The van der Waals surface area contributed by atoms with Crippen molar-refractivity contribution in [1.29, 1.82) is 0 Å². The van der Waals surface area contributed by atoms with Crippen LogP contribution in [0.5, 0.6) is 0 Å². The average molecular weight is 351 g/mol. The minimum Gasteiger partial charge on any atom is -0.508 e. The number of rotatable bonds is 1. The zero-order valence-electron chi connectivity index (χ0n) is 15.3. The number of hydrogen-bond acceptors (Lipinski definition) is 4. The van der Waals surface area contributed by atoms with Crippen molar-refractivity contribution in [2.75, 3.05) is 7.11 Å². The second-order valence-corrected chi connectivity index (χ2v) is 9.10. The minimum atomic E-state index is -1.01. The van der Waals surface area contributed by atoms with E-state index in [9.17, 15) is 14.6 Å². The first-order valence-corrected chi connectivity index (χ1v) is 9.47. The number of fused-ring (bicyclic) bond motifs is 5. The molecule has 5 heteroatoms. The monoisotopic (exact) mass is 351 g/mol. The Morgan fingerprint density at radius 3 is 2.72 bits per heavy atom. The molecule has 3 fully saturated rings. The Kier molecular flexibility index (Phi) is 3.88. The van der Waals surface area contributed by atoms with Gasteiger partial charge in [0.2, 0.25) is 0 Å². The van der Waals surface area contributed by atoms with Crippen LogP contribution in [0.4, 0.5) is 4.39 Å². The summed E-state index contributed by atoms with van der Waals surface area (Å²) in [5.41, 5.74) is 7.88. The van der Waals surface area contributed by atoms with Crippen LogP contribution in [-0.4, -0.2) is 41.7 Å². The van der Waals surface area contributed by atoms with Crippen molar-refractivity contribution in [2.45, 2.75) is 70.4 Å². The molecule has 3 saturated carbocycles. The van der Waals surface area contributed by atoms with Gasteiger partial charge in [-0.15, -0.1) is 0 Å². The zero-order chi connectivity index (χ0) is 18.1. The van der Waals surface area contributed by atoms with E-state index in [4.69, 9.17) is 10.5 Å². The molecule has 4 aliphatic carbocycles. The van der Waals surface area contributed by atoms with Crippen LogP contribution >= 0.6 is 0 Å². The van der Waals surface area contributed by atoms with Crippen molar-refractivity contribution < 1.29 is 19.3 Å². The molecule has 0 bridgehead atoms. The van der Waals surface area contributed by atoms with Crippen LogP contribution < -0.4 is 5.73 Å². The van der Waals surface area contributed by atoms with Crippen LogP contribution in [0.25, 0.3) is 0 Å². The van der Waals surface area contributed by atoms with Crippen LogP contribution in [-0.2, 0) is 4.74 Å². The summed E-state index contributed by atoms with van der Waals surface area (Å²) in [6, 6.07) is -0.461. The molecule has 4 N–H and O–H groups in total. The summed E-state index contributed by atoms with van der Waals surface area (Å²) in [6.45, 7) is 4.31. The first-order chi connectivity index (χ1) is 11.7. The van der Waals surface area contributed by atoms with E-state index >= 15 is 0 Å². The average Bonchev–Trinajstić information content (AvgIpc) is 2.79. The SMILES string of the molecule is CO[C@@H]1C[C@@]2(C)C(=CC(O)=C3[C@@H]4C[C@@H](F)[C@H](N)[C@@]4(C)CC[C@@H]32)C[C@H]1O. The van der Waals surface area contributed by atoms with Crippen LogP contribution in [0.3, 0.4) is 0 Å². The number of aliphatic hydroxyl groups is 2. The lowest BCUT2D eigenvalue weighted by Crippen LogP contribution is -2.52. The van der Waals surface area contributed by atoms with Crippen molar-refractivity contribution >= 4 is 0 Å². The molecule has 0 unspecified atom stereocenters. The quantitative estimate of drug-likeness (QED) is 0.679. The van der Waals surface area contributed by atoms with Gasteiger partial charge in [0.15, 0.2) is 0 Å². The Balaban J connectivity index is 1.78. The Labute approximate surface area is 148 Å². The number of ether oxygens (including phenoxy) is 1. The maximum Gasteiger partial charge on any atom is 0.116 e. The molecule has 4 nitrogen and oxygen atoms in total. The molecule has 8 atom stereocenters. The van der Waals surface area contributed by atoms with E-state index < -0.39 is 18.3 Å². The molecule has 0 saturated heterocycles. The lowest BCUT2D eigenvalue weighted by molar-refractivity contribution is -0.0660. The van der Waals surface area contributed by atoms with Gasteiger partial charge in [0.1, 0.15) is 11.9 Å². The van der Waals surface area contributed by atoms with Crippen molar-refractivity contribution in [3.63, 3.8) is 0 Å². The topological polar surface area (TPSA) is 75.7 Å². The lowest BCUT2D eigenvalue weighted by atomic mass is 9.50. The number of methoxy groups -OCH3 is 1. The van der Waals surface area contributed by atoms with Gasteiger partial charge in [0.25, 0.3) is 0 Å². The van der Waals surface area contributed by atoms with Gasteiger partial charge in [-0.2, -0.15) is 0 Å². The Bertz CT molecular complexity index is 647. The predicted molar refractivity (Wildman–Crippen MR) is 93.7 cm³/mol. The number of aliphatic hydroxyl groups excluding tert-OH is 2. The second kappa shape index (κ2) is 5.54. The molecule has 0 amide bonds. The van der Waals surface area contributed by atoms with Crippen molar-refractivity contribution in [3.05, 3.63) is 23.0 Å². The molecular weight excluding hydrogens is 321 g/mol. The molecule has 0 aromatic rings. The van der Waals surface area contributed by atoms with E-state index in [0.29, 0.717) is 12.8 Å². The summed E-state index contributed by atoms with van der Waals surface area (Å²) in [5, 5.41) is 21.2. The summed E-state index contributed by atoms with van der Waals surface area (Å²) in [4.78, 5) is 0. The smallest absolute Gasteiger partial charge is 0.116 e. The summed E-state index contributed by atoms with van der Waals surface area (Å²) >= 11 is 0. The number of halogens is 1. The van der Waals surface area contributed by atoms with E-state index in [-0.39, 0.29) is 34.5 Å². The number of hydrogen-bond donors (Lipinski definition) is 3. The third-order valence-corrected chi connectivity index (χ3v) is 8.03. The van der Waals surface area contributed by atoms with Crippen LogP contribution in [0.15, 0.2) is 23.0 Å². The zero-order valence-corrected chi connectivity index (χ0v) is 15.3. The van der Waals surface area contributed by atoms with Crippen LogP contribution in [0.1, 0.15) is 46.0 Å². The summed E-state index contributed by atoms with van der Waals surface area (Å²) in [5.74, 6) is 0.463. The molecule has 4 aliphatic rings. The lowest BCUT2D eigenvalue weighted by Gasteiger charge is -2.55. The highest BCUT2D eigenvalue weighted by molar-refractivity contribution is 5.42. The van der Waals surface area contributed by atoms with Crippen molar-refractivity contribution in [1.82, 2.24) is 0 Å². The van der Waals surface area contributed by atoms with E-state index in [2.05, 4.69) is 13.8 Å². The summed E-state index contributed by atoms with van der Waals surface area (Å²) < 4.78 is 20.0. The molecular formula is C20H30FNO3. The second-order valence-electron chi connectivity index (χ2n) is 9.10. The largest absolute Gasteiger partial charge is 0.508 e. The van der Waals surface area contributed by atoms with Crippen LogP contribution in [0.2, 0.25) is 0 Å². The van der Waals surface area contributed by atoms with E-state index in [1.807, 2.05) is 6.08 Å². The van der Waals surface area contributed by atoms with E-state index in [1.165, 1.54) is 0 Å². The number of alkyl halides is 1. The molecule has 4 rings (SSSR count). The molecule has 140 valence electrons. The van der Waals surface area contributed by atoms with Gasteiger partial charge in [-0.3, -0.25) is 0 Å². The molecule has 0 aromatic carbocycles. The fourth-order valence-corrected chi connectivity index (χ4v) is 6.34. The molecule has 0 heterocycles. The van der Waals surface area contributed by atoms with Crippen molar-refractivity contribution in [2.24, 2.45) is 28.4 Å². The molecule has 0 radical (unpaired) electrons. The van der Waals surface area contributed by atoms with E-state index in [0.717, 1.165) is 30.4 Å². The molecule has 25 heavy (non-hydrogen) atoms. The number of allylic oxidation sites excluding steroid dienone is 2. The van der Waals surface area contributed by atoms with Gasteiger partial charge in [0.05, 0.1) is 12.2 Å². The summed E-state index contributed by atoms with van der Waals surface area (Å²) in [6.07, 6.45) is 3.53. The highest BCUT2D eigenvalue weighted by Gasteiger charge is 2.60. The Hall–Kier alpha value is -0.910. The van der Waals surface area contributed by atoms with Gasteiger partial charge in [-0.1, -0.05) is 19.4 Å². The highest BCUT2D eigenvalue weighted by Crippen LogP contribution is 2.64. The maximum absolute atomic E-state index is 14.4.